The molecule has 0 aliphatic carbocycles. The number of nitrogens with two attached hydrogens (primary N) is 1. The van der Waals surface area contributed by atoms with Gasteiger partial charge in [0.2, 0.25) is 10.0 Å². The number of nitro benzene ring substituents is 1. The van der Waals surface area contributed by atoms with Gasteiger partial charge in [0, 0.05) is 5.75 Å². The van der Waals surface area contributed by atoms with Crippen molar-refractivity contribution in [2.45, 2.75) is 4.90 Å². The number of primary sulfonamides is 1. The fourth-order valence-corrected chi connectivity index (χ4v) is 3.16. The third kappa shape index (κ3) is 3.99. The van der Waals surface area contributed by atoms with Crippen molar-refractivity contribution in [3.05, 3.63) is 33.9 Å². The number of rotatable bonds is 5. The third-order valence-corrected chi connectivity index (χ3v) is 4.01. The third-order valence-electron chi connectivity index (χ3n) is 1.93. The fraction of sp³-hybridized carbons (Fsp3) is 0.222. The van der Waals surface area contributed by atoms with Crippen LogP contribution in [0.1, 0.15) is 5.56 Å². The minimum atomic E-state index is -3.60. The highest BCUT2D eigenvalue weighted by molar-refractivity contribution is 8.00. The Hall–Kier alpha value is -1.63. The number of nitrogens with zero attached hydrogens (tertiary/aromatic N) is 2. The highest BCUT2D eigenvalue weighted by Crippen LogP contribution is 2.31. The number of para-hydroxylation sites is 1. The Morgan fingerprint density at radius 1 is 1.50 bits per heavy atom. The van der Waals surface area contributed by atoms with Crippen LogP contribution in [0.3, 0.4) is 0 Å². The summed E-state index contributed by atoms with van der Waals surface area (Å²) in [5, 5.41) is 24.5. The van der Waals surface area contributed by atoms with Gasteiger partial charge in [0.05, 0.1) is 15.6 Å². The van der Waals surface area contributed by atoms with Crippen molar-refractivity contribution in [2.75, 3.05) is 11.5 Å². The van der Waals surface area contributed by atoms with Crippen molar-refractivity contribution in [3.63, 3.8) is 0 Å². The molecule has 0 fully saturated rings. The number of thioether (sulfide) groups is 1. The highest BCUT2D eigenvalue weighted by atomic mass is 32.2. The minimum absolute atomic E-state index is 0.0550. The Bertz CT molecular complexity index is 607. The lowest BCUT2D eigenvalue weighted by atomic mass is 10.2. The van der Waals surface area contributed by atoms with Gasteiger partial charge in [0.25, 0.3) is 0 Å². The molecule has 0 radical (unpaired) electrons. The first-order valence-electron chi connectivity index (χ1n) is 4.66. The van der Waals surface area contributed by atoms with E-state index in [1.807, 2.05) is 0 Å². The topological polar surface area (TPSA) is 127 Å². The van der Waals surface area contributed by atoms with Gasteiger partial charge >= 0.3 is 5.69 Å². The quantitative estimate of drug-likeness (QED) is 0.485. The van der Waals surface area contributed by atoms with Gasteiger partial charge in [-0.1, -0.05) is 6.07 Å². The van der Waals surface area contributed by atoms with Crippen LogP contribution in [0.15, 0.2) is 23.1 Å². The van der Waals surface area contributed by atoms with Gasteiger partial charge in [-0.3, -0.25) is 10.1 Å². The Morgan fingerprint density at radius 3 is 2.67 bits per heavy atom. The largest absolute Gasteiger partial charge is 0.300 e. The van der Waals surface area contributed by atoms with Crippen molar-refractivity contribution in [3.8, 4) is 6.07 Å². The second kappa shape index (κ2) is 5.81. The van der Waals surface area contributed by atoms with Crippen LogP contribution in [0, 0.1) is 21.4 Å². The molecule has 18 heavy (non-hydrogen) atoms. The molecule has 0 amide bonds. The molecule has 0 aromatic heterocycles. The van der Waals surface area contributed by atoms with Crippen molar-refractivity contribution >= 4 is 27.5 Å². The molecule has 0 aliphatic heterocycles. The van der Waals surface area contributed by atoms with Crippen LogP contribution < -0.4 is 5.14 Å². The van der Waals surface area contributed by atoms with E-state index < -0.39 is 14.9 Å². The number of benzene rings is 1. The van der Waals surface area contributed by atoms with E-state index in [0.717, 1.165) is 11.8 Å². The maximum Gasteiger partial charge on any atom is 0.300 e. The van der Waals surface area contributed by atoms with Crippen molar-refractivity contribution in [1.29, 1.82) is 5.26 Å². The lowest BCUT2D eigenvalue weighted by molar-refractivity contribution is -0.388. The summed E-state index contributed by atoms with van der Waals surface area (Å²) in [5.41, 5.74) is -0.361. The van der Waals surface area contributed by atoms with Gasteiger partial charge in [-0.05, 0) is 12.1 Å². The van der Waals surface area contributed by atoms with E-state index in [0.29, 0.717) is 0 Å². The lowest BCUT2D eigenvalue weighted by Crippen LogP contribution is -2.17. The van der Waals surface area contributed by atoms with Gasteiger partial charge in [0.15, 0.2) is 0 Å². The van der Waals surface area contributed by atoms with Crippen LogP contribution in [0.2, 0.25) is 0 Å². The fourth-order valence-electron chi connectivity index (χ4n) is 1.19. The zero-order valence-electron chi connectivity index (χ0n) is 9.07. The lowest BCUT2D eigenvalue weighted by Gasteiger charge is -2.03. The molecule has 0 atom stereocenters. The number of hydrogen-bond donors (Lipinski definition) is 1. The first-order chi connectivity index (χ1) is 8.35. The molecule has 0 unspecified atom stereocenters. The normalized spacial score (nSPS) is 10.9. The van der Waals surface area contributed by atoms with E-state index in [4.69, 9.17) is 10.4 Å². The van der Waals surface area contributed by atoms with E-state index in [2.05, 4.69) is 0 Å². The summed E-state index contributed by atoms with van der Waals surface area (Å²) in [6.07, 6.45) is 0. The van der Waals surface area contributed by atoms with Crippen molar-refractivity contribution < 1.29 is 13.3 Å². The SMILES string of the molecule is N#Cc1cccc(SCCS(N)(=O)=O)c1[N+](=O)[O-]. The predicted octanol–water partition coefficient (Wildman–Crippen LogP) is 0.847. The Morgan fingerprint density at radius 2 is 2.17 bits per heavy atom. The van der Waals surface area contributed by atoms with Gasteiger partial charge in [-0.2, -0.15) is 5.26 Å². The van der Waals surface area contributed by atoms with Crippen LogP contribution in [0.25, 0.3) is 0 Å². The number of nitro groups is 1. The number of nitriles is 1. The molecule has 0 saturated heterocycles. The smallest absolute Gasteiger partial charge is 0.258 e. The number of sulfonamides is 1. The van der Waals surface area contributed by atoms with Crippen molar-refractivity contribution in [2.24, 2.45) is 5.14 Å². The van der Waals surface area contributed by atoms with Crippen LogP contribution in [0.5, 0.6) is 0 Å². The zero-order chi connectivity index (χ0) is 13.8. The first kappa shape index (κ1) is 14.4. The summed E-state index contributed by atoms with van der Waals surface area (Å²) in [5.74, 6) is -0.194. The molecule has 1 rings (SSSR count). The molecule has 0 bridgehead atoms. The maximum absolute atomic E-state index is 10.9. The summed E-state index contributed by atoms with van der Waals surface area (Å²) in [4.78, 5) is 10.5. The number of hydrogen-bond acceptors (Lipinski definition) is 6. The summed E-state index contributed by atoms with van der Waals surface area (Å²) < 4.78 is 21.5. The molecule has 0 saturated carbocycles. The van der Waals surface area contributed by atoms with Crippen LogP contribution in [-0.2, 0) is 10.0 Å². The van der Waals surface area contributed by atoms with Crippen LogP contribution in [0.4, 0.5) is 5.69 Å². The molecule has 7 nitrogen and oxygen atoms in total. The van der Waals surface area contributed by atoms with E-state index >= 15 is 0 Å². The highest BCUT2D eigenvalue weighted by Gasteiger charge is 2.19. The van der Waals surface area contributed by atoms with Crippen LogP contribution in [-0.4, -0.2) is 24.8 Å². The Balaban J connectivity index is 2.96. The van der Waals surface area contributed by atoms with Crippen LogP contribution >= 0.6 is 11.8 Å². The molecule has 1 aromatic rings. The molecule has 0 aliphatic rings. The molecule has 9 heteroatoms. The molecular formula is C9H9N3O4S2. The van der Waals surface area contributed by atoms with Gasteiger partial charge < -0.3 is 0 Å². The summed E-state index contributed by atoms with van der Waals surface area (Å²) >= 11 is 0.980. The zero-order valence-corrected chi connectivity index (χ0v) is 10.7. The van der Waals surface area contributed by atoms with E-state index in [1.165, 1.54) is 18.2 Å². The Labute approximate surface area is 108 Å². The van der Waals surface area contributed by atoms with E-state index in [1.54, 1.807) is 6.07 Å². The van der Waals surface area contributed by atoms with E-state index in [9.17, 15) is 18.5 Å². The molecule has 96 valence electrons. The van der Waals surface area contributed by atoms with E-state index in [-0.39, 0.29) is 27.7 Å². The van der Waals surface area contributed by atoms with Crippen molar-refractivity contribution in [1.82, 2.24) is 0 Å². The summed E-state index contributed by atoms with van der Waals surface area (Å²) in [6, 6.07) is 6.03. The predicted molar refractivity (Wildman–Crippen MR) is 66.5 cm³/mol. The second-order valence-corrected chi connectivity index (χ2v) is 6.11. The second-order valence-electron chi connectivity index (χ2n) is 3.24. The first-order valence-corrected chi connectivity index (χ1v) is 7.36. The van der Waals surface area contributed by atoms with Gasteiger partial charge in [-0.25, -0.2) is 13.6 Å². The summed E-state index contributed by atoms with van der Waals surface area (Å²) in [7, 11) is -3.60. The summed E-state index contributed by atoms with van der Waals surface area (Å²) in [6.45, 7) is 0. The standard InChI is InChI=1S/C9H9N3O4S2/c10-6-7-2-1-3-8(9(7)12(13)14)17-4-5-18(11,15)16/h1-3H,4-5H2,(H2,11,15,16). The molecule has 0 spiro atoms. The molecular weight excluding hydrogens is 278 g/mol. The molecule has 1 aromatic carbocycles. The molecule has 0 heterocycles. The average molecular weight is 287 g/mol. The van der Waals surface area contributed by atoms with Gasteiger partial charge in [-0.15, -0.1) is 11.8 Å². The average Bonchev–Trinajstić information content (AvgIpc) is 2.26. The Kier molecular flexibility index (Phi) is 4.66. The minimum Gasteiger partial charge on any atom is -0.258 e. The maximum atomic E-state index is 10.9. The monoisotopic (exact) mass is 287 g/mol. The molecule has 2 N–H and O–H groups in total. The van der Waals surface area contributed by atoms with Gasteiger partial charge in [0.1, 0.15) is 11.6 Å².